The molecule has 1 aromatic heterocycles. The average molecular weight is 372 g/mol. The topological polar surface area (TPSA) is 58.6 Å². The van der Waals surface area contributed by atoms with Gasteiger partial charge in [-0.15, -0.1) is 11.3 Å². The Morgan fingerprint density at radius 1 is 1.23 bits per heavy atom. The van der Waals surface area contributed by atoms with Gasteiger partial charge in [0.25, 0.3) is 0 Å². The molecule has 4 rings (SSSR count). The lowest BCUT2D eigenvalue weighted by Crippen LogP contribution is -2.44. The first kappa shape index (κ1) is 17.7. The van der Waals surface area contributed by atoms with Crippen molar-refractivity contribution < 1.29 is 14.6 Å². The first-order chi connectivity index (χ1) is 12.6. The highest BCUT2D eigenvalue weighted by molar-refractivity contribution is 7.12. The molecule has 0 aliphatic heterocycles. The normalized spacial score (nSPS) is 28.2. The Balaban J connectivity index is 1.32. The number of ketones is 1. The first-order valence-electron chi connectivity index (χ1n) is 9.38. The third-order valence-corrected chi connectivity index (χ3v) is 6.61. The molecular weight excluding hydrogens is 346 g/mol. The van der Waals surface area contributed by atoms with Crippen molar-refractivity contribution in [1.29, 1.82) is 0 Å². The van der Waals surface area contributed by atoms with Crippen LogP contribution in [-0.2, 0) is 6.42 Å². The number of benzene rings is 1. The molecule has 2 aliphatic rings. The standard InChI is InChI=1S/C21H25NO3S/c1-13-11-16-19(26-13)10-7-14(20(16)23)12-22-17-8-9-18(21(17)24)25-15-5-3-2-4-6-15/h2-6,11,14,17-18,21-22,24H,7-10,12H2,1H3/t14-,17-,18-,21-/m0/s1. The van der Waals surface area contributed by atoms with Crippen LogP contribution in [0, 0.1) is 12.8 Å². The second-order valence-corrected chi connectivity index (χ2v) is 8.69. The van der Waals surface area contributed by atoms with Gasteiger partial charge in [-0.1, -0.05) is 18.2 Å². The fourth-order valence-electron chi connectivity index (χ4n) is 4.07. The van der Waals surface area contributed by atoms with Gasteiger partial charge in [0.15, 0.2) is 5.78 Å². The Hall–Kier alpha value is -1.69. The molecule has 0 radical (unpaired) electrons. The van der Waals surface area contributed by atoms with Gasteiger partial charge in [0.2, 0.25) is 0 Å². The van der Waals surface area contributed by atoms with E-state index in [1.165, 1.54) is 9.75 Å². The number of ether oxygens (including phenoxy) is 1. The highest BCUT2D eigenvalue weighted by Crippen LogP contribution is 2.32. The Labute approximate surface area is 158 Å². The van der Waals surface area contributed by atoms with E-state index in [0.717, 1.165) is 37.0 Å². The van der Waals surface area contributed by atoms with Gasteiger partial charge in [-0.3, -0.25) is 4.79 Å². The van der Waals surface area contributed by atoms with Crippen molar-refractivity contribution in [2.45, 2.75) is 50.9 Å². The molecule has 4 atom stereocenters. The quantitative estimate of drug-likeness (QED) is 0.846. The lowest BCUT2D eigenvalue weighted by atomic mass is 9.87. The van der Waals surface area contributed by atoms with Crippen LogP contribution in [0.3, 0.4) is 0 Å². The highest BCUT2D eigenvalue weighted by atomic mass is 32.1. The molecular formula is C21H25NO3S. The molecule has 4 nitrogen and oxygen atoms in total. The Kier molecular flexibility index (Phi) is 5.11. The zero-order chi connectivity index (χ0) is 18.1. The monoisotopic (exact) mass is 371 g/mol. The number of carbonyl (C=O) groups is 1. The number of carbonyl (C=O) groups excluding carboxylic acids is 1. The van der Waals surface area contributed by atoms with Gasteiger partial charge in [-0.2, -0.15) is 0 Å². The molecule has 5 heteroatoms. The zero-order valence-corrected chi connectivity index (χ0v) is 15.8. The molecule has 0 spiro atoms. The van der Waals surface area contributed by atoms with Crippen LogP contribution in [-0.4, -0.2) is 35.7 Å². The third kappa shape index (κ3) is 3.56. The molecule has 0 amide bonds. The number of Topliss-reactive ketones (excluding diaryl/α,β-unsaturated/α-hetero) is 1. The summed E-state index contributed by atoms with van der Waals surface area (Å²) in [6, 6.07) is 11.7. The fourth-order valence-corrected chi connectivity index (χ4v) is 5.13. The number of aryl methyl sites for hydroxylation is 2. The molecule has 1 aromatic carbocycles. The molecule has 0 saturated heterocycles. The fraction of sp³-hybridized carbons (Fsp3) is 0.476. The predicted octanol–water partition coefficient (Wildman–Crippen LogP) is 3.36. The average Bonchev–Trinajstić information content (AvgIpc) is 3.19. The third-order valence-electron chi connectivity index (χ3n) is 5.50. The van der Waals surface area contributed by atoms with E-state index < -0.39 is 6.10 Å². The van der Waals surface area contributed by atoms with E-state index in [0.29, 0.717) is 6.54 Å². The molecule has 2 N–H and O–H groups in total. The van der Waals surface area contributed by atoms with Crippen LogP contribution in [0.15, 0.2) is 36.4 Å². The van der Waals surface area contributed by atoms with Crippen molar-refractivity contribution in [3.8, 4) is 5.75 Å². The number of aliphatic hydroxyl groups is 1. The van der Waals surface area contributed by atoms with E-state index in [1.807, 2.05) is 36.4 Å². The maximum absolute atomic E-state index is 12.7. The van der Waals surface area contributed by atoms with Gasteiger partial charge >= 0.3 is 0 Å². The highest BCUT2D eigenvalue weighted by Gasteiger charge is 2.37. The number of aliphatic hydroxyl groups excluding tert-OH is 1. The number of para-hydroxylation sites is 1. The number of hydrogen-bond acceptors (Lipinski definition) is 5. The van der Waals surface area contributed by atoms with Crippen molar-refractivity contribution in [2.24, 2.45) is 5.92 Å². The summed E-state index contributed by atoms with van der Waals surface area (Å²) in [7, 11) is 0. The summed E-state index contributed by atoms with van der Waals surface area (Å²) in [6.07, 6.45) is 2.82. The Morgan fingerprint density at radius 2 is 2.04 bits per heavy atom. The molecule has 1 fully saturated rings. The lowest BCUT2D eigenvalue weighted by Gasteiger charge is -2.25. The van der Waals surface area contributed by atoms with Crippen LogP contribution >= 0.6 is 11.3 Å². The van der Waals surface area contributed by atoms with Crippen LogP contribution in [0.25, 0.3) is 0 Å². The van der Waals surface area contributed by atoms with Crippen molar-refractivity contribution in [3.05, 3.63) is 51.7 Å². The van der Waals surface area contributed by atoms with Gasteiger partial charge < -0.3 is 15.2 Å². The van der Waals surface area contributed by atoms with Gasteiger partial charge in [0, 0.05) is 33.8 Å². The summed E-state index contributed by atoms with van der Waals surface area (Å²) in [5, 5.41) is 14.0. The van der Waals surface area contributed by atoms with Crippen LogP contribution in [0.2, 0.25) is 0 Å². The van der Waals surface area contributed by atoms with Gasteiger partial charge in [0.1, 0.15) is 18.0 Å². The van der Waals surface area contributed by atoms with Crippen LogP contribution in [0.4, 0.5) is 0 Å². The smallest absolute Gasteiger partial charge is 0.168 e. The van der Waals surface area contributed by atoms with Crippen LogP contribution in [0.5, 0.6) is 5.75 Å². The van der Waals surface area contributed by atoms with E-state index >= 15 is 0 Å². The van der Waals surface area contributed by atoms with Crippen molar-refractivity contribution in [3.63, 3.8) is 0 Å². The molecule has 0 unspecified atom stereocenters. The molecule has 2 aliphatic carbocycles. The predicted molar refractivity (Wildman–Crippen MR) is 103 cm³/mol. The van der Waals surface area contributed by atoms with E-state index in [2.05, 4.69) is 12.2 Å². The lowest BCUT2D eigenvalue weighted by molar-refractivity contribution is 0.0442. The maximum atomic E-state index is 12.7. The number of thiophene rings is 1. The van der Waals surface area contributed by atoms with Crippen molar-refractivity contribution in [1.82, 2.24) is 5.32 Å². The van der Waals surface area contributed by atoms with Crippen LogP contribution < -0.4 is 10.1 Å². The van der Waals surface area contributed by atoms with E-state index in [4.69, 9.17) is 4.74 Å². The molecule has 2 aromatic rings. The number of hydrogen-bond donors (Lipinski definition) is 2. The molecule has 26 heavy (non-hydrogen) atoms. The largest absolute Gasteiger partial charge is 0.488 e. The molecule has 138 valence electrons. The molecule has 0 bridgehead atoms. The maximum Gasteiger partial charge on any atom is 0.168 e. The van der Waals surface area contributed by atoms with Gasteiger partial charge in [-0.25, -0.2) is 0 Å². The molecule has 1 saturated carbocycles. The number of nitrogens with one attached hydrogen (secondary N) is 1. The number of rotatable bonds is 5. The summed E-state index contributed by atoms with van der Waals surface area (Å²) in [4.78, 5) is 15.2. The summed E-state index contributed by atoms with van der Waals surface area (Å²) < 4.78 is 5.92. The van der Waals surface area contributed by atoms with E-state index in [9.17, 15) is 9.90 Å². The van der Waals surface area contributed by atoms with Crippen LogP contribution in [0.1, 0.15) is 39.4 Å². The SMILES string of the molecule is Cc1cc2c(s1)CC[C@@H](CN[C@H]1CC[C@H](Oc3ccccc3)[C@H]1O)C2=O. The second-order valence-electron chi connectivity index (χ2n) is 7.35. The Bertz CT molecular complexity index is 773. The van der Waals surface area contributed by atoms with E-state index in [1.54, 1.807) is 11.3 Å². The second kappa shape index (κ2) is 7.51. The summed E-state index contributed by atoms with van der Waals surface area (Å²) in [6.45, 7) is 2.69. The first-order valence-corrected chi connectivity index (χ1v) is 10.2. The zero-order valence-electron chi connectivity index (χ0n) is 15.0. The summed E-state index contributed by atoms with van der Waals surface area (Å²) in [5.74, 6) is 1.06. The number of fused-ring (bicyclic) bond motifs is 1. The van der Waals surface area contributed by atoms with Gasteiger partial charge in [-0.05, 0) is 50.8 Å². The minimum Gasteiger partial charge on any atom is -0.488 e. The minimum atomic E-state index is -0.548. The Morgan fingerprint density at radius 3 is 2.85 bits per heavy atom. The van der Waals surface area contributed by atoms with Crippen molar-refractivity contribution >= 4 is 17.1 Å². The minimum absolute atomic E-state index is 0.0118. The van der Waals surface area contributed by atoms with Gasteiger partial charge in [0.05, 0.1) is 0 Å². The molecule has 1 heterocycles. The summed E-state index contributed by atoms with van der Waals surface area (Å²) in [5.41, 5.74) is 0.919. The van der Waals surface area contributed by atoms with Crippen molar-refractivity contribution in [2.75, 3.05) is 6.54 Å². The summed E-state index contributed by atoms with van der Waals surface area (Å²) >= 11 is 1.74. The van der Waals surface area contributed by atoms with E-state index in [-0.39, 0.29) is 23.8 Å².